The molecule has 4 rings (SSSR count). The molecule has 1 N–H and O–H groups in total. The van der Waals surface area contributed by atoms with Crippen LogP contribution in [0.15, 0.2) is 42.6 Å². The van der Waals surface area contributed by atoms with Gasteiger partial charge in [-0.15, -0.1) is 0 Å². The molecular formula is C22H27ClN6O3. The number of hydrogen-bond acceptors (Lipinski definition) is 6. The second kappa shape index (κ2) is 10.2. The van der Waals surface area contributed by atoms with E-state index in [1.54, 1.807) is 16.9 Å². The molecule has 3 aromatic rings. The molecule has 1 aliphatic heterocycles. The fourth-order valence-electron chi connectivity index (χ4n) is 3.62. The van der Waals surface area contributed by atoms with Crippen LogP contribution in [0.25, 0.3) is 0 Å². The van der Waals surface area contributed by atoms with Gasteiger partial charge in [-0.05, 0) is 30.3 Å². The van der Waals surface area contributed by atoms with Crippen molar-refractivity contribution in [3.05, 3.63) is 59.0 Å². The number of carbonyl (C=O) groups is 1. The van der Waals surface area contributed by atoms with Gasteiger partial charge in [0, 0.05) is 56.6 Å². The number of ether oxygens (including phenoxy) is 2. The molecule has 0 spiro atoms. The van der Waals surface area contributed by atoms with Gasteiger partial charge in [0.2, 0.25) is 5.91 Å². The minimum absolute atomic E-state index is 0.0922. The first-order valence-electron chi connectivity index (χ1n) is 10.5. The fraction of sp³-hybridized carbons (Fsp3) is 0.409. The van der Waals surface area contributed by atoms with Crippen molar-refractivity contribution in [3.63, 3.8) is 0 Å². The lowest BCUT2D eigenvalue weighted by Crippen LogP contribution is -2.42. The van der Waals surface area contributed by atoms with E-state index < -0.39 is 0 Å². The van der Waals surface area contributed by atoms with Crippen molar-refractivity contribution in [1.82, 2.24) is 24.5 Å². The summed E-state index contributed by atoms with van der Waals surface area (Å²) in [5.74, 6) is 1.25. The van der Waals surface area contributed by atoms with E-state index >= 15 is 0 Å². The lowest BCUT2D eigenvalue weighted by Gasteiger charge is -2.31. The molecule has 1 aliphatic rings. The summed E-state index contributed by atoms with van der Waals surface area (Å²) in [4.78, 5) is 14.4. The first kappa shape index (κ1) is 22.3. The first-order chi connectivity index (χ1) is 15.5. The SMILES string of the molecule is Cn1ccc(NC(=O)CN2CCOC(c3cc(CCOc4ccc(Cl)cc4)n(C)n3)C2)n1. The van der Waals surface area contributed by atoms with Crippen molar-refractivity contribution in [3.8, 4) is 5.75 Å². The number of rotatable bonds is 8. The maximum Gasteiger partial charge on any atom is 0.239 e. The zero-order valence-corrected chi connectivity index (χ0v) is 19.0. The Bertz CT molecular complexity index is 1050. The highest BCUT2D eigenvalue weighted by molar-refractivity contribution is 6.30. The number of carbonyl (C=O) groups excluding carboxylic acids is 1. The molecule has 0 saturated carbocycles. The summed E-state index contributed by atoms with van der Waals surface area (Å²) in [6.45, 7) is 2.66. The van der Waals surface area contributed by atoms with Crippen LogP contribution in [0, 0.1) is 0 Å². The topological polar surface area (TPSA) is 86.4 Å². The zero-order chi connectivity index (χ0) is 22.5. The Balaban J connectivity index is 1.29. The number of nitrogens with one attached hydrogen (secondary N) is 1. The maximum atomic E-state index is 12.4. The lowest BCUT2D eigenvalue weighted by atomic mass is 10.2. The minimum atomic E-state index is -0.177. The summed E-state index contributed by atoms with van der Waals surface area (Å²) in [5.41, 5.74) is 1.92. The Hall–Kier alpha value is -2.88. The molecule has 32 heavy (non-hydrogen) atoms. The maximum absolute atomic E-state index is 12.4. The second-order valence-corrected chi connectivity index (χ2v) is 8.19. The van der Waals surface area contributed by atoms with Crippen LogP contribution in [0.5, 0.6) is 5.75 Å². The first-order valence-corrected chi connectivity index (χ1v) is 10.9. The molecule has 1 fully saturated rings. The van der Waals surface area contributed by atoms with Crippen LogP contribution in [-0.4, -0.2) is 63.2 Å². The van der Waals surface area contributed by atoms with Crippen LogP contribution in [0.4, 0.5) is 5.82 Å². The number of amides is 1. The van der Waals surface area contributed by atoms with E-state index in [1.807, 2.05) is 49.1 Å². The van der Waals surface area contributed by atoms with Crippen LogP contribution in [0.2, 0.25) is 5.02 Å². The van der Waals surface area contributed by atoms with Crippen LogP contribution in [0.3, 0.4) is 0 Å². The Morgan fingerprint density at radius 3 is 2.81 bits per heavy atom. The quantitative estimate of drug-likeness (QED) is 0.558. The molecule has 0 bridgehead atoms. The van der Waals surface area contributed by atoms with Crippen LogP contribution in [-0.2, 0) is 30.0 Å². The molecule has 0 radical (unpaired) electrons. The van der Waals surface area contributed by atoms with Crippen molar-refractivity contribution < 1.29 is 14.3 Å². The van der Waals surface area contributed by atoms with E-state index in [1.165, 1.54) is 0 Å². The molecule has 1 unspecified atom stereocenters. The van der Waals surface area contributed by atoms with E-state index in [-0.39, 0.29) is 18.6 Å². The molecular weight excluding hydrogens is 432 g/mol. The van der Waals surface area contributed by atoms with Gasteiger partial charge in [0.05, 0.1) is 25.5 Å². The predicted octanol–water partition coefficient (Wildman–Crippen LogP) is 2.44. The summed E-state index contributed by atoms with van der Waals surface area (Å²) in [5, 5.41) is 12.3. The third-order valence-corrected chi connectivity index (χ3v) is 5.52. The molecule has 1 amide bonds. The monoisotopic (exact) mass is 458 g/mol. The van der Waals surface area contributed by atoms with Crippen LogP contribution >= 0.6 is 11.6 Å². The Labute approximate surface area is 191 Å². The molecule has 170 valence electrons. The van der Waals surface area contributed by atoms with Gasteiger partial charge < -0.3 is 14.8 Å². The number of aryl methyl sites for hydroxylation is 2. The van der Waals surface area contributed by atoms with Gasteiger partial charge in [-0.25, -0.2) is 0 Å². The number of benzene rings is 1. The summed E-state index contributed by atoms with van der Waals surface area (Å²) in [6, 6.07) is 11.1. The normalized spacial score (nSPS) is 16.8. The molecule has 2 aromatic heterocycles. The van der Waals surface area contributed by atoms with E-state index in [9.17, 15) is 4.79 Å². The average molecular weight is 459 g/mol. The second-order valence-electron chi connectivity index (χ2n) is 7.75. The van der Waals surface area contributed by atoms with E-state index in [0.29, 0.717) is 37.1 Å². The van der Waals surface area contributed by atoms with Gasteiger partial charge in [0.1, 0.15) is 11.9 Å². The summed E-state index contributed by atoms with van der Waals surface area (Å²) in [6.07, 6.45) is 2.33. The Kier molecular flexibility index (Phi) is 7.09. The molecule has 0 aliphatic carbocycles. The number of morpholine rings is 1. The smallest absolute Gasteiger partial charge is 0.239 e. The Morgan fingerprint density at radius 1 is 1.25 bits per heavy atom. The number of nitrogens with zero attached hydrogens (tertiary/aromatic N) is 5. The van der Waals surface area contributed by atoms with Gasteiger partial charge in [0.15, 0.2) is 5.82 Å². The van der Waals surface area contributed by atoms with Crippen molar-refractivity contribution in [2.45, 2.75) is 12.5 Å². The summed E-state index contributed by atoms with van der Waals surface area (Å²) in [7, 11) is 3.73. The number of halogens is 1. The van der Waals surface area contributed by atoms with Crippen LogP contribution in [0.1, 0.15) is 17.5 Å². The number of hydrogen-bond donors (Lipinski definition) is 1. The van der Waals surface area contributed by atoms with Crippen LogP contribution < -0.4 is 10.1 Å². The highest BCUT2D eigenvalue weighted by Gasteiger charge is 2.26. The molecule has 1 atom stereocenters. The largest absolute Gasteiger partial charge is 0.493 e. The van der Waals surface area contributed by atoms with Crippen molar-refractivity contribution >= 4 is 23.3 Å². The summed E-state index contributed by atoms with van der Waals surface area (Å²) < 4.78 is 15.2. The fourth-order valence-corrected chi connectivity index (χ4v) is 3.74. The highest BCUT2D eigenvalue weighted by Crippen LogP contribution is 2.22. The molecule has 1 saturated heterocycles. The van der Waals surface area contributed by atoms with E-state index in [4.69, 9.17) is 21.1 Å². The zero-order valence-electron chi connectivity index (χ0n) is 18.2. The van der Waals surface area contributed by atoms with Gasteiger partial charge in [-0.1, -0.05) is 11.6 Å². The third kappa shape index (κ3) is 5.87. The molecule has 1 aromatic carbocycles. The lowest BCUT2D eigenvalue weighted by molar-refractivity contribution is -0.119. The summed E-state index contributed by atoms with van der Waals surface area (Å²) >= 11 is 5.91. The minimum Gasteiger partial charge on any atom is -0.493 e. The Morgan fingerprint density at radius 2 is 2.06 bits per heavy atom. The predicted molar refractivity (Wildman–Crippen MR) is 121 cm³/mol. The molecule has 9 nitrogen and oxygen atoms in total. The van der Waals surface area contributed by atoms with Crippen molar-refractivity contribution in [2.24, 2.45) is 14.1 Å². The molecule has 3 heterocycles. The standard InChI is InChI=1S/C22H27ClN6O3/c1-27-9-7-21(26-27)24-22(30)15-29-10-12-32-20(14-29)19-13-17(28(2)25-19)8-11-31-18-5-3-16(23)4-6-18/h3-7,9,13,20H,8,10-12,14-15H2,1-2H3,(H,24,26,30). The van der Waals surface area contributed by atoms with Gasteiger partial charge >= 0.3 is 0 Å². The van der Waals surface area contributed by atoms with Gasteiger partial charge in [0.25, 0.3) is 0 Å². The van der Waals surface area contributed by atoms with Crippen molar-refractivity contribution in [2.75, 3.05) is 38.2 Å². The van der Waals surface area contributed by atoms with Gasteiger partial charge in [-0.3, -0.25) is 19.1 Å². The van der Waals surface area contributed by atoms with Gasteiger partial charge in [-0.2, -0.15) is 10.2 Å². The van der Waals surface area contributed by atoms with Crippen molar-refractivity contribution in [1.29, 1.82) is 0 Å². The average Bonchev–Trinajstić information content (AvgIpc) is 3.34. The molecule has 10 heteroatoms. The van der Waals surface area contributed by atoms with E-state index in [2.05, 4.69) is 20.4 Å². The van der Waals surface area contributed by atoms with E-state index in [0.717, 1.165) is 23.6 Å². The highest BCUT2D eigenvalue weighted by atomic mass is 35.5. The number of aromatic nitrogens is 4. The third-order valence-electron chi connectivity index (χ3n) is 5.26. The number of anilines is 1.